The number of ether oxygens (including phenoxy) is 1. The summed E-state index contributed by atoms with van der Waals surface area (Å²) in [5.74, 6) is 0.830. The molecule has 1 unspecified atom stereocenters. The lowest BCUT2D eigenvalue weighted by atomic mass is 10.0. The Hall–Kier alpha value is -2.25. The second-order valence-electron chi connectivity index (χ2n) is 7.60. The predicted molar refractivity (Wildman–Crippen MR) is 121 cm³/mol. The zero-order valence-electron chi connectivity index (χ0n) is 18.0. The van der Waals surface area contributed by atoms with Gasteiger partial charge in [-0.05, 0) is 68.7 Å². The number of hydrogen-bond donors (Lipinski definition) is 1. The van der Waals surface area contributed by atoms with Gasteiger partial charge in [0.2, 0.25) is 0 Å². The van der Waals surface area contributed by atoms with E-state index in [0.717, 1.165) is 6.42 Å². The maximum atomic E-state index is 12.9. The van der Waals surface area contributed by atoms with Gasteiger partial charge in [0, 0.05) is 24.3 Å². The summed E-state index contributed by atoms with van der Waals surface area (Å²) in [4.78, 5) is 14.3. The molecule has 0 spiro atoms. The topological polar surface area (TPSA) is 75.7 Å². The molecule has 0 aliphatic heterocycles. The lowest BCUT2D eigenvalue weighted by Gasteiger charge is -2.26. The maximum Gasteiger partial charge on any atom is 0.263 e. The van der Waals surface area contributed by atoms with Crippen LogP contribution in [-0.2, 0) is 10.0 Å². The maximum absolute atomic E-state index is 12.9. The molecule has 30 heavy (non-hydrogen) atoms. The Morgan fingerprint density at radius 2 is 1.77 bits per heavy atom. The molecule has 0 heterocycles. The van der Waals surface area contributed by atoms with Gasteiger partial charge in [0.1, 0.15) is 10.6 Å². The lowest BCUT2D eigenvalue weighted by Crippen LogP contribution is -2.36. The molecule has 6 nitrogen and oxygen atoms in total. The van der Waals surface area contributed by atoms with Crippen molar-refractivity contribution in [3.05, 3.63) is 53.1 Å². The molecule has 0 aliphatic carbocycles. The highest BCUT2D eigenvalue weighted by molar-refractivity contribution is 7.92. The Labute approximate surface area is 184 Å². The number of carbonyl (C=O) groups excluding carboxylic acids is 1. The van der Waals surface area contributed by atoms with Crippen molar-refractivity contribution in [1.82, 2.24) is 4.90 Å². The Morgan fingerprint density at radius 3 is 2.33 bits per heavy atom. The highest BCUT2D eigenvalue weighted by Gasteiger charge is 2.23. The molecule has 2 rings (SSSR count). The second-order valence-corrected chi connectivity index (χ2v) is 9.66. The van der Waals surface area contributed by atoms with Crippen LogP contribution in [0.5, 0.6) is 5.75 Å². The van der Waals surface area contributed by atoms with Crippen molar-refractivity contribution < 1.29 is 17.9 Å². The first-order valence-electron chi connectivity index (χ1n) is 9.87. The molecule has 2 aromatic rings. The molecule has 0 saturated heterocycles. The van der Waals surface area contributed by atoms with E-state index in [4.69, 9.17) is 16.3 Å². The van der Waals surface area contributed by atoms with Gasteiger partial charge in [0.05, 0.1) is 11.6 Å². The van der Waals surface area contributed by atoms with Gasteiger partial charge >= 0.3 is 0 Å². The summed E-state index contributed by atoms with van der Waals surface area (Å²) in [7, 11) is -2.27. The molecule has 0 bridgehead atoms. The van der Waals surface area contributed by atoms with Gasteiger partial charge in [-0.2, -0.15) is 0 Å². The molecule has 1 N–H and O–H groups in total. The van der Waals surface area contributed by atoms with Crippen LogP contribution in [0, 0.1) is 5.92 Å². The summed E-state index contributed by atoms with van der Waals surface area (Å²) in [5.41, 5.74) is 0.637. The summed E-state index contributed by atoms with van der Waals surface area (Å²) >= 11 is 6.17. The number of nitrogens with zero attached hydrogens (tertiary/aromatic N) is 1. The van der Waals surface area contributed by atoms with E-state index >= 15 is 0 Å². The molecule has 1 atom stereocenters. The van der Waals surface area contributed by atoms with Gasteiger partial charge in [0.25, 0.3) is 15.9 Å². The van der Waals surface area contributed by atoms with Crippen LogP contribution in [0.25, 0.3) is 0 Å². The smallest absolute Gasteiger partial charge is 0.263 e. The van der Waals surface area contributed by atoms with Crippen molar-refractivity contribution in [3.63, 3.8) is 0 Å². The molecule has 0 radical (unpaired) electrons. The molecule has 0 saturated carbocycles. The number of hydrogen-bond acceptors (Lipinski definition) is 4. The van der Waals surface area contributed by atoms with Crippen molar-refractivity contribution in [2.75, 3.05) is 18.4 Å². The first kappa shape index (κ1) is 24.0. The van der Waals surface area contributed by atoms with Gasteiger partial charge in [0.15, 0.2) is 0 Å². The van der Waals surface area contributed by atoms with Crippen molar-refractivity contribution in [2.45, 2.75) is 45.1 Å². The number of amides is 1. The van der Waals surface area contributed by atoms with Crippen molar-refractivity contribution in [2.24, 2.45) is 5.92 Å². The van der Waals surface area contributed by atoms with E-state index in [1.807, 2.05) is 13.8 Å². The fourth-order valence-electron chi connectivity index (χ4n) is 3.08. The third-order valence-electron chi connectivity index (χ3n) is 4.68. The van der Waals surface area contributed by atoms with Crippen molar-refractivity contribution >= 4 is 33.2 Å². The molecule has 0 aromatic heterocycles. The average molecular weight is 453 g/mol. The molecule has 164 valence electrons. The largest absolute Gasteiger partial charge is 0.494 e. The number of anilines is 1. The van der Waals surface area contributed by atoms with Crippen LogP contribution in [0.2, 0.25) is 5.02 Å². The highest BCUT2D eigenvalue weighted by atomic mass is 35.5. The quantitative estimate of drug-likeness (QED) is 0.577. The van der Waals surface area contributed by atoms with E-state index in [1.54, 1.807) is 42.3 Å². The van der Waals surface area contributed by atoms with Gasteiger partial charge in [-0.1, -0.05) is 25.4 Å². The molecular formula is C22H29ClN2O4S. The number of nitrogens with one attached hydrogen (secondary N) is 1. The molecule has 8 heteroatoms. The summed E-state index contributed by atoms with van der Waals surface area (Å²) in [6.07, 6.45) is 0.848. The summed E-state index contributed by atoms with van der Waals surface area (Å²) in [6.45, 7) is 8.54. The zero-order valence-corrected chi connectivity index (χ0v) is 19.5. The van der Waals surface area contributed by atoms with E-state index in [-0.39, 0.29) is 27.4 Å². The number of sulfonamides is 1. The van der Waals surface area contributed by atoms with E-state index in [1.165, 1.54) is 12.1 Å². The Bertz CT molecular complexity index is 975. The number of carbonyl (C=O) groups is 1. The average Bonchev–Trinajstić information content (AvgIpc) is 2.68. The summed E-state index contributed by atoms with van der Waals surface area (Å²) in [5, 5.41) is 0.0443. The van der Waals surface area contributed by atoms with Gasteiger partial charge in [-0.25, -0.2) is 8.42 Å². The van der Waals surface area contributed by atoms with Crippen molar-refractivity contribution in [3.8, 4) is 5.75 Å². The van der Waals surface area contributed by atoms with Crippen LogP contribution in [0.3, 0.4) is 0 Å². The predicted octanol–water partition coefficient (Wildman–Crippen LogP) is 5.05. The minimum atomic E-state index is -3.98. The third-order valence-corrected chi connectivity index (χ3v) is 6.54. The minimum Gasteiger partial charge on any atom is -0.494 e. The summed E-state index contributed by atoms with van der Waals surface area (Å²) in [6, 6.07) is 10.9. The van der Waals surface area contributed by atoms with Gasteiger partial charge in [-0.3, -0.25) is 9.52 Å². The van der Waals surface area contributed by atoms with Gasteiger partial charge in [-0.15, -0.1) is 0 Å². The molecule has 1 amide bonds. The Morgan fingerprint density at radius 1 is 1.13 bits per heavy atom. The van der Waals surface area contributed by atoms with E-state index in [2.05, 4.69) is 18.6 Å². The number of rotatable bonds is 9. The fraction of sp³-hybridized carbons (Fsp3) is 0.409. The van der Waals surface area contributed by atoms with Crippen LogP contribution in [0.1, 0.15) is 44.5 Å². The molecule has 0 aliphatic rings. The van der Waals surface area contributed by atoms with Crippen LogP contribution in [0.4, 0.5) is 5.69 Å². The van der Waals surface area contributed by atoms with Gasteiger partial charge < -0.3 is 9.64 Å². The minimum absolute atomic E-state index is 0.0233. The normalized spacial score (nSPS) is 12.5. The van der Waals surface area contributed by atoms with E-state index < -0.39 is 10.0 Å². The second kappa shape index (κ2) is 10.2. The van der Waals surface area contributed by atoms with E-state index in [0.29, 0.717) is 24.0 Å². The van der Waals surface area contributed by atoms with Crippen LogP contribution in [0.15, 0.2) is 47.4 Å². The van der Waals surface area contributed by atoms with Crippen molar-refractivity contribution in [1.29, 1.82) is 0 Å². The molecular weight excluding hydrogens is 424 g/mol. The number of halogens is 1. The number of benzene rings is 2. The lowest BCUT2D eigenvalue weighted by molar-refractivity contribution is 0.0728. The van der Waals surface area contributed by atoms with Crippen LogP contribution >= 0.6 is 11.6 Å². The fourth-order valence-corrected chi connectivity index (χ4v) is 4.67. The zero-order chi connectivity index (χ0) is 22.5. The van der Waals surface area contributed by atoms with E-state index in [9.17, 15) is 13.2 Å². The summed E-state index contributed by atoms with van der Waals surface area (Å²) < 4.78 is 33.7. The first-order valence-corrected chi connectivity index (χ1v) is 11.7. The molecule has 0 fully saturated rings. The standard InChI is InChI=1S/C22H29ClN2O4S/c1-6-29-19-10-8-18(9-11-19)24-30(27,28)21-14-17(7-12-20(21)23)22(26)25(5)16(4)13-15(2)3/h7-12,14-16,24H,6,13H2,1-5H3. The van der Waals surface area contributed by atoms with Crippen LogP contribution < -0.4 is 9.46 Å². The van der Waals surface area contributed by atoms with Crippen LogP contribution in [-0.4, -0.2) is 38.9 Å². The monoisotopic (exact) mass is 452 g/mol. The Kier molecular flexibility index (Phi) is 8.15. The SMILES string of the molecule is CCOc1ccc(NS(=O)(=O)c2cc(C(=O)N(C)C(C)CC(C)C)ccc2Cl)cc1. The third kappa shape index (κ3) is 6.12. The molecule has 2 aromatic carbocycles. The first-order chi connectivity index (χ1) is 14.0. The highest BCUT2D eigenvalue weighted by Crippen LogP contribution is 2.27. The Balaban J connectivity index is 2.27.